The molecular formula is C26H28N3OS+. The van der Waals surface area contributed by atoms with Crippen LogP contribution in [0, 0.1) is 17.2 Å². The van der Waals surface area contributed by atoms with Gasteiger partial charge in [-0.25, -0.2) is 0 Å². The molecule has 3 aromatic rings. The lowest BCUT2D eigenvalue weighted by Gasteiger charge is -2.19. The average molecular weight is 431 g/mol. The van der Waals surface area contributed by atoms with Crippen LogP contribution in [0.5, 0.6) is 0 Å². The number of quaternary nitrogens is 1. The minimum atomic E-state index is -0.0370. The van der Waals surface area contributed by atoms with E-state index in [4.69, 9.17) is 0 Å². The van der Waals surface area contributed by atoms with Crippen molar-refractivity contribution >= 4 is 22.2 Å². The number of thiophene rings is 1. The van der Waals surface area contributed by atoms with Gasteiger partial charge in [0.1, 0.15) is 24.2 Å². The third-order valence-corrected chi connectivity index (χ3v) is 7.05. The highest BCUT2D eigenvalue weighted by Crippen LogP contribution is 2.39. The highest BCUT2D eigenvalue weighted by atomic mass is 32.1. The molecule has 1 aromatic heterocycles. The summed E-state index contributed by atoms with van der Waals surface area (Å²) in [7, 11) is 0. The number of hydrogen-bond donors (Lipinski definition) is 2. The molecule has 158 valence electrons. The largest absolute Gasteiger partial charge is 0.320 e. The molecule has 0 fully saturated rings. The molecular weight excluding hydrogens is 402 g/mol. The van der Waals surface area contributed by atoms with E-state index in [1.807, 2.05) is 36.4 Å². The number of anilines is 1. The molecule has 5 heteroatoms. The Morgan fingerprint density at radius 3 is 2.29 bits per heavy atom. The third-order valence-electron chi connectivity index (χ3n) is 5.88. The third kappa shape index (κ3) is 5.41. The molecule has 0 radical (unpaired) electrons. The predicted octanol–water partition coefficient (Wildman–Crippen LogP) is 3.97. The van der Waals surface area contributed by atoms with Gasteiger partial charge in [0.2, 0.25) is 0 Å². The van der Waals surface area contributed by atoms with Gasteiger partial charge in [0.05, 0.1) is 5.56 Å². The zero-order valence-electron chi connectivity index (χ0n) is 17.9. The Balaban J connectivity index is 1.49. The van der Waals surface area contributed by atoms with E-state index < -0.39 is 0 Å². The van der Waals surface area contributed by atoms with Crippen LogP contribution in [0.3, 0.4) is 0 Å². The summed E-state index contributed by atoms with van der Waals surface area (Å²) in [5, 5.41) is 13.5. The summed E-state index contributed by atoms with van der Waals surface area (Å²) in [5.41, 5.74) is 4.24. The number of carbonyl (C=O) groups excluding carboxylic acids is 1. The topological polar surface area (TPSA) is 57.3 Å². The van der Waals surface area contributed by atoms with Crippen LogP contribution < -0.4 is 10.2 Å². The summed E-state index contributed by atoms with van der Waals surface area (Å²) in [4.78, 5) is 15.5. The van der Waals surface area contributed by atoms with Crippen molar-refractivity contribution < 1.29 is 9.69 Å². The van der Waals surface area contributed by atoms with Gasteiger partial charge in [0.25, 0.3) is 5.91 Å². The van der Waals surface area contributed by atoms with Crippen LogP contribution in [-0.2, 0) is 30.7 Å². The maximum Gasteiger partial charge on any atom is 0.280 e. The number of fused-ring (bicyclic) bond motifs is 1. The van der Waals surface area contributed by atoms with Gasteiger partial charge in [-0.15, -0.1) is 11.3 Å². The summed E-state index contributed by atoms with van der Waals surface area (Å²) in [6.07, 6.45) is 3.05. The second-order valence-electron chi connectivity index (χ2n) is 8.47. The number of amides is 1. The molecule has 0 saturated heterocycles. The van der Waals surface area contributed by atoms with E-state index in [1.54, 1.807) is 11.3 Å². The van der Waals surface area contributed by atoms with E-state index in [-0.39, 0.29) is 5.91 Å². The molecule has 4 rings (SSSR count). The summed E-state index contributed by atoms with van der Waals surface area (Å²) in [6, 6.07) is 22.9. The fourth-order valence-electron chi connectivity index (χ4n) is 4.31. The normalized spacial score (nSPS) is 15.3. The number of nitriles is 1. The van der Waals surface area contributed by atoms with Gasteiger partial charge in [-0.1, -0.05) is 67.6 Å². The minimum absolute atomic E-state index is 0.0370. The number of nitrogens with one attached hydrogen (secondary N) is 2. The van der Waals surface area contributed by atoms with Crippen LogP contribution >= 0.6 is 11.3 Å². The van der Waals surface area contributed by atoms with Gasteiger partial charge < -0.3 is 10.2 Å². The molecule has 1 heterocycles. The van der Waals surface area contributed by atoms with Crippen LogP contribution in [0.4, 0.5) is 5.00 Å². The second kappa shape index (κ2) is 9.91. The van der Waals surface area contributed by atoms with Crippen molar-refractivity contribution in [3.63, 3.8) is 0 Å². The molecule has 0 unspecified atom stereocenters. The Morgan fingerprint density at radius 2 is 1.71 bits per heavy atom. The van der Waals surface area contributed by atoms with Gasteiger partial charge in [0, 0.05) is 16.0 Å². The highest BCUT2D eigenvalue weighted by Gasteiger charge is 2.25. The molecule has 1 aliphatic carbocycles. The van der Waals surface area contributed by atoms with E-state index in [0.717, 1.165) is 42.9 Å². The van der Waals surface area contributed by atoms with E-state index in [9.17, 15) is 10.1 Å². The molecule has 2 N–H and O–H groups in total. The van der Waals surface area contributed by atoms with Crippen LogP contribution in [0.15, 0.2) is 60.7 Å². The maximum absolute atomic E-state index is 13.0. The first-order valence-electron chi connectivity index (χ1n) is 10.9. The van der Waals surface area contributed by atoms with Crippen molar-refractivity contribution in [2.24, 2.45) is 5.92 Å². The van der Waals surface area contributed by atoms with Gasteiger partial charge in [-0.05, 0) is 30.7 Å². The summed E-state index contributed by atoms with van der Waals surface area (Å²) >= 11 is 1.59. The standard InChI is InChI=1S/C26H27N3OS/c1-19-12-13-22-23(15-27)26(31-24(22)14-19)28-25(30)18-29(16-20-8-4-2-5-9-20)17-21-10-6-3-7-11-21/h2-11,19H,12-14,16-18H2,1H3,(H,28,30)/p+1/t19-/m0/s1. The molecule has 31 heavy (non-hydrogen) atoms. The molecule has 0 aliphatic heterocycles. The fraction of sp³-hybridized carbons (Fsp3) is 0.308. The highest BCUT2D eigenvalue weighted by molar-refractivity contribution is 7.16. The lowest BCUT2D eigenvalue weighted by molar-refractivity contribution is -0.919. The van der Waals surface area contributed by atoms with E-state index in [2.05, 4.69) is 42.6 Å². The van der Waals surface area contributed by atoms with Crippen molar-refractivity contribution in [2.45, 2.75) is 39.3 Å². The van der Waals surface area contributed by atoms with E-state index in [0.29, 0.717) is 18.0 Å². The van der Waals surface area contributed by atoms with Gasteiger partial charge in [-0.2, -0.15) is 5.26 Å². The van der Waals surface area contributed by atoms with Gasteiger partial charge in [-0.3, -0.25) is 4.79 Å². The Bertz CT molecular complexity index is 1030. The van der Waals surface area contributed by atoms with Crippen LogP contribution in [0.2, 0.25) is 0 Å². The SMILES string of the molecule is C[C@H]1CCc2c(sc(NC(=O)C[NH+](Cc3ccccc3)Cc3ccccc3)c2C#N)C1. The van der Waals surface area contributed by atoms with Crippen molar-refractivity contribution in [3.8, 4) is 6.07 Å². The van der Waals surface area contributed by atoms with Crippen molar-refractivity contribution in [1.29, 1.82) is 5.26 Å². The van der Waals surface area contributed by atoms with Gasteiger partial charge >= 0.3 is 0 Å². The number of rotatable bonds is 7. The zero-order chi connectivity index (χ0) is 21.6. The van der Waals surface area contributed by atoms with Crippen molar-refractivity contribution in [3.05, 3.63) is 87.8 Å². The molecule has 1 aliphatic rings. The summed E-state index contributed by atoms with van der Waals surface area (Å²) in [5.74, 6) is 0.600. The van der Waals surface area contributed by atoms with Crippen LogP contribution in [0.25, 0.3) is 0 Å². The van der Waals surface area contributed by atoms with Gasteiger partial charge in [0.15, 0.2) is 6.54 Å². The smallest absolute Gasteiger partial charge is 0.280 e. The predicted molar refractivity (Wildman–Crippen MR) is 125 cm³/mol. The first kappa shape index (κ1) is 21.3. The minimum Gasteiger partial charge on any atom is -0.320 e. The first-order chi connectivity index (χ1) is 15.1. The Kier molecular flexibility index (Phi) is 6.81. The maximum atomic E-state index is 13.0. The lowest BCUT2D eigenvalue weighted by atomic mass is 9.89. The van der Waals surface area contributed by atoms with E-state index >= 15 is 0 Å². The molecule has 1 atom stereocenters. The number of benzene rings is 2. The van der Waals surface area contributed by atoms with Crippen LogP contribution in [0.1, 0.15) is 40.5 Å². The van der Waals surface area contributed by atoms with Crippen LogP contribution in [-0.4, -0.2) is 12.5 Å². The van der Waals surface area contributed by atoms with Crippen molar-refractivity contribution in [1.82, 2.24) is 0 Å². The quantitative estimate of drug-likeness (QED) is 0.596. The number of nitrogens with zero attached hydrogens (tertiary/aromatic N) is 1. The fourth-order valence-corrected chi connectivity index (χ4v) is 5.69. The Hall–Kier alpha value is -2.94. The number of carbonyl (C=O) groups is 1. The first-order valence-corrected chi connectivity index (χ1v) is 11.7. The molecule has 4 nitrogen and oxygen atoms in total. The monoisotopic (exact) mass is 430 g/mol. The molecule has 0 bridgehead atoms. The summed E-state index contributed by atoms with van der Waals surface area (Å²) < 4.78 is 0. The number of hydrogen-bond acceptors (Lipinski definition) is 3. The average Bonchev–Trinajstić information content (AvgIpc) is 3.10. The lowest BCUT2D eigenvalue weighted by Crippen LogP contribution is -3.10. The molecule has 1 amide bonds. The Morgan fingerprint density at radius 1 is 1.10 bits per heavy atom. The molecule has 0 spiro atoms. The second-order valence-corrected chi connectivity index (χ2v) is 9.57. The Labute approximate surface area is 188 Å². The zero-order valence-corrected chi connectivity index (χ0v) is 18.7. The molecule has 0 saturated carbocycles. The summed E-state index contributed by atoms with van der Waals surface area (Å²) in [6.45, 7) is 4.15. The van der Waals surface area contributed by atoms with E-state index in [1.165, 1.54) is 20.9 Å². The van der Waals surface area contributed by atoms with Crippen molar-refractivity contribution in [2.75, 3.05) is 11.9 Å². The molecule has 2 aromatic carbocycles.